The van der Waals surface area contributed by atoms with E-state index in [4.69, 9.17) is 0 Å². The summed E-state index contributed by atoms with van der Waals surface area (Å²) in [5, 5.41) is 23.6. The number of rotatable bonds is 7. The Morgan fingerprint density at radius 3 is 1.96 bits per heavy atom. The molecule has 3 N–H and O–H groups in total. The summed E-state index contributed by atoms with van der Waals surface area (Å²) >= 11 is 0. The minimum Gasteiger partial charge on any atom is -0.377 e. The number of aliphatic hydroxyl groups is 2. The molecule has 1 aromatic rings. The lowest BCUT2D eigenvalue weighted by Gasteiger charge is -2.30. The Kier molecular flexibility index (Phi) is 5.30. The van der Waals surface area contributed by atoms with Gasteiger partial charge in [0, 0.05) is 11.3 Å². The van der Waals surface area contributed by atoms with E-state index in [9.17, 15) is 19.8 Å². The Bertz CT molecular complexity index is 671. The summed E-state index contributed by atoms with van der Waals surface area (Å²) in [5.41, 5.74) is -2.85. The number of Topliss-reactive ketones (excluding diaryl/α,β-unsaturated/α-hetero) is 2. The number of carbonyl (C=O) groups excluding carboxylic acids is 2. The van der Waals surface area contributed by atoms with Crippen molar-refractivity contribution in [2.75, 3.05) is 5.32 Å². The topological polar surface area (TPSA) is 86.6 Å². The number of hydrogen-bond acceptors (Lipinski definition) is 5. The molecule has 5 heteroatoms. The van der Waals surface area contributed by atoms with Crippen molar-refractivity contribution in [1.29, 1.82) is 0 Å². The van der Waals surface area contributed by atoms with Crippen molar-refractivity contribution in [3.63, 3.8) is 0 Å². The monoisotopic (exact) mass is 317 g/mol. The molecule has 0 bridgehead atoms. The molecule has 1 aromatic carbocycles. The van der Waals surface area contributed by atoms with Crippen LogP contribution >= 0.6 is 0 Å². The predicted octanol–water partition coefficient (Wildman–Crippen LogP) is 2.30. The van der Waals surface area contributed by atoms with Gasteiger partial charge in [0.05, 0.1) is 0 Å². The summed E-state index contributed by atoms with van der Waals surface area (Å²) in [6.07, 6.45) is 0. The first-order chi connectivity index (χ1) is 10.4. The molecule has 0 fully saturated rings. The molecule has 0 spiro atoms. The highest BCUT2D eigenvalue weighted by atomic mass is 16.3. The lowest BCUT2D eigenvalue weighted by molar-refractivity contribution is -0.132. The fourth-order valence-corrected chi connectivity index (χ4v) is 2.29. The standard InChI is InChI=1S/C18H23NO4/c1-11(2)15(20)17(5,22)13-9-7-8-10-14(13)19-18(6,23)16(21)12(3)4/h7-10,19,22-23H,1,3H2,2,4-6H3. The van der Waals surface area contributed by atoms with Crippen LogP contribution in [0.4, 0.5) is 5.69 Å². The molecule has 2 unspecified atom stereocenters. The van der Waals surface area contributed by atoms with Crippen LogP contribution < -0.4 is 5.32 Å². The van der Waals surface area contributed by atoms with Gasteiger partial charge in [0.25, 0.3) is 0 Å². The van der Waals surface area contributed by atoms with E-state index < -0.39 is 22.9 Å². The fraction of sp³-hybridized carbons (Fsp3) is 0.333. The minimum absolute atomic E-state index is 0.185. The second kappa shape index (κ2) is 6.48. The van der Waals surface area contributed by atoms with Crippen LogP contribution in [0.15, 0.2) is 48.6 Å². The van der Waals surface area contributed by atoms with Crippen molar-refractivity contribution in [3.05, 3.63) is 54.1 Å². The zero-order valence-corrected chi connectivity index (χ0v) is 13.9. The zero-order valence-electron chi connectivity index (χ0n) is 13.9. The van der Waals surface area contributed by atoms with Gasteiger partial charge in [0.15, 0.2) is 17.1 Å². The maximum Gasteiger partial charge on any atom is 0.209 e. The van der Waals surface area contributed by atoms with Gasteiger partial charge in [-0.05, 0) is 44.9 Å². The van der Waals surface area contributed by atoms with Crippen molar-refractivity contribution in [2.45, 2.75) is 39.0 Å². The number of para-hydroxylation sites is 1. The van der Waals surface area contributed by atoms with Gasteiger partial charge in [0.2, 0.25) is 5.78 Å². The third-order valence-electron chi connectivity index (χ3n) is 3.49. The molecule has 0 aliphatic heterocycles. The number of anilines is 1. The Balaban J connectivity index is 3.32. The summed E-state index contributed by atoms with van der Waals surface area (Å²) in [6.45, 7) is 12.7. The third kappa shape index (κ3) is 3.94. The third-order valence-corrected chi connectivity index (χ3v) is 3.49. The van der Waals surface area contributed by atoms with Gasteiger partial charge in [-0.3, -0.25) is 9.59 Å². The maximum absolute atomic E-state index is 12.2. The molecule has 23 heavy (non-hydrogen) atoms. The SMILES string of the molecule is C=C(C)C(=O)C(C)(O)Nc1ccccc1C(C)(O)C(=O)C(=C)C. The van der Waals surface area contributed by atoms with Crippen LogP contribution in [0.25, 0.3) is 0 Å². The van der Waals surface area contributed by atoms with E-state index in [2.05, 4.69) is 18.5 Å². The number of nitrogens with one attached hydrogen (secondary N) is 1. The minimum atomic E-state index is -1.91. The highest BCUT2D eigenvalue weighted by molar-refractivity contribution is 6.03. The summed E-state index contributed by atoms with van der Waals surface area (Å²) in [4.78, 5) is 24.2. The number of ketones is 2. The van der Waals surface area contributed by atoms with Gasteiger partial charge in [-0.1, -0.05) is 31.4 Å². The van der Waals surface area contributed by atoms with Crippen molar-refractivity contribution < 1.29 is 19.8 Å². The van der Waals surface area contributed by atoms with E-state index in [1.54, 1.807) is 24.3 Å². The van der Waals surface area contributed by atoms with Gasteiger partial charge < -0.3 is 15.5 Å². The predicted molar refractivity (Wildman–Crippen MR) is 89.9 cm³/mol. The molecule has 0 amide bonds. The molecule has 0 aliphatic rings. The second-order valence-electron chi connectivity index (χ2n) is 6.03. The van der Waals surface area contributed by atoms with E-state index in [1.165, 1.54) is 27.7 Å². The summed E-state index contributed by atoms with van der Waals surface area (Å²) in [7, 11) is 0. The average Bonchev–Trinajstić information content (AvgIpc) is 2.45. The van der Waals surface area contributed by atoms with Crippen LogP contribution in [0.5, 0.6) is 0 Å². The van der Waals surface area contributed by atoms with E-state index in [0.29, 0.717) is 0 Å². The molecule has 5 nitrogen and oxygen atoms in total. The molecule has 2 atom stereocenters. The van der Waals surface area contributed by atoms with E-state index in [1.807, 2.05) is 0 Å². The van der Waals surface area contributed by atoms with Crippen molar-refractivity contribution in [2.24, 2.45) is 0 Å². The van der Waals surface area contributed by atoms with Crippen LogP contribution in [0, 0.1) is 0 Å². The zero-order chi connectivity index (χ0) is 18.0. The molecule has 1 rings (SSSR count). The highest BCUT2D eigenvalue weighted by Crippen LogP contribution is 2.32. The van der Waals surface area contributed by atoms with E-state index in [0.717, 1.165) is 0 Å². The lowest BCUT2D eigenvalue weighted by atomic mass is 9.87. The summed E-state index contributed by atoms with van der Waals surface area (Å²) in [5.74, 6) is -1.13. The Hall–Kier alpha value is -2.24. The van der Waals surface area contributed by atoms with Gasteiger partial charge in [-0.25, -0.2) is 0 Å². The van der Waals surface area contributed by atoms with E-state index >= 15 is 0 Å². The normalized spacial score (nSPS) is 15.9. The molecule has 0 saturated carbocycles. The lowest BCUT2D eigenvalue weighted by Crippen LogP contribution is -2.44. The molecule has 0 heterocycles. The Morgan fingerprint density at radius 2 is 1.48 bits per heavy atom. The van der Waals surface area contributed by atoms with Gasteiger partial charge in [0.1, 0.15) is 0 Å². The molecule has 124 valence electrons. The second-order valence-corrected chi connectivity index (χ2v) is 6.03. The average molecular weight is 317 g/mol. The molecular formula is C18H23NO4. The quantitative estimate of drug-likeness (QED) is 0.531. The van der Waals surface area contributed by atoms with Crippen molar-refractivity contribution in [1.82, 2.24) is 0 Å². The number of carbonyl (C=O) groups is 2. The van der Waals surface area contributed by atoms with Gasteiger partial charge >= 0.3 is 0 Å². The van der Waals surface area contributed by atoms with Crippen molar-refractivity contribution >= 4 is 17.3 Å². The number of hydrogen-bond donors (Lipinski definition) is 3. The summed E-state index contributed by atoms with van der Waals surface area (Å²) in [6, 6.07) is 6.42. The molecule has 0 saturated heterocycles. The van der Waals surface area contributed by atoms with Crippen LogP contribution in [0.3, 0.4) is 0 Å². The largest absolute Gasteiger partial charge is 0.377 e. The summed E-state index contributed by atoms with van der Waals surface area (Å²) < 4.78 is 0. The molecular weight excluding hydrogens is 294 g/mol. The molecule has 0 radical (unpaired) electrons. The van der Waals surface area contributed by atoms with Crippen molar-refractivity contribution in [3.8, 4) is 0 Å². The highest BCUT2D eigenvalue weighted by Gasteiger charge is 2.37. The van der Waals surface area contributed by atoms with Crippen LogP contribution in [0.2, 0.25) is 0 Å². The van der Waals surface area contributed by atoms with E-state index in [-0.39, 0.29) is 22.4 Å². The van der Waals surface area contributed by atoms with Gasteiger partial charge in [-0.15, -0.1) is 0 Å². The Morgan fingerprint density at radius 1 is 1.00 bits per heavy atom. The first kappa shape index (κ1) is 18.8. The van der Waals surface area contributed by atoms with Crippen LogP contribution in [-0.4, -0.2) is 27.5 Å². The van der Waals surface area contributed by atoms with Gasteiger partial charge in [-0.2, -0.15) is 0 Å². The first-order valence-electron chi connectivity index (χ1n) is 7.14. The number of benzene rings is 1. The molecule has 0 aromatic heterocycles. The van der Waals surface area contributed by atoms with Crippen LogP contribution in [0.1, 0.15) is 33.3 Å². The first-order valence-corrected chi connectivity index (χ1v) is 7.14. The maximum atomic E-state index is 12.2. The Labute approximate surface area is 136 Å². The smallest absolute Gasteiger partial charge is 0.209 e. The fourth-order valence-electron chi connectivity index (χ4n) is 2.29. The van der Waals surface area contributed by atoms with Crippen LogP contribution in [-0.2, 0) is 15.2 Å². The molecule has 0 aliphatic carbocycles.